The topological polar surface area (TPSA) is 89.2 Å². The lowest BCUT2D eigenvalue weighted by Crippen LogP contribution is -2.46. The lowest BCUT2D eigenvalue weighted by atomic mass is 10.1. The summed E-state index contributed by atoms with van der Waals surface area (Å²) in [6.45, 7) is 10.9. The molecule has 0 aromatic heterocycles. The molecule has 2 fully saturated rings. The molecule has 3 aromatic carbocycles. The Kier molecular flexibility index (Phi) is 9.85. The summed E-state index contributed by atoms with van der Waals surface area (Å²) in [4.78, 5) is 33.3. The lowest BCUT2D eigenvalue weighted by molar-refractivity contribution is 0.0383. The molecule has 5 rings (SSSR count). The first-order chi connectivity index (χ1) is 20.0. The molecule has 2 aliphatic heterocycles. The molecule has 0 bridgehead atoms. The zero-order valence-corrected chi connectivity index (χ0v) is 23.8. The first kappa shape index (κ1) is 28.6. The number of morpholine rings is 1. The fourth-order valence-corrected chi connectivity index (χ4v) is 5.31. The summed E-state index contributed by atoms with van der Waals surface area (Å²) in [7, 11) is 0. The fraction of sp³-hybridized carbons (Fsp3) is 0.375. The molecule has 0 radical (unpaired) electrons. The minimum absolute atomic E-state index is 0.136. The van der Waals surface area contributed by atoms with Crippen molar-refractivity contribution in [2.75, 3.05) is 81.1 Å². The van der Waals surface area contributed by atoms with E-state index in [4.69, 9.17) is 4.74 Å². The number of amides is 3. The van der Waals surface area contributed by atoms with Crippen LogP contribution in [0, 0.1) is 6.92 Å². The number of carbonyl (C=O) groups is 2. The van der Waals surface area contributed by atoms with Crippen molar-refractivity contribution in [2.45, 2.75) is 13.5 Å². The van der Waals surface area contributed by atoms with Crippen LogP contribution in [0.4, 0.5) is 21.9 Å². The highest BCUT2D eigenvalue weighted by atomic mass is 16.5. The normalized spacial score (nSPS) is 16.3. The van der Waals surface area contributed by atoms with Gasteiger partial charge >= 0.3 is 6.03 Å². The van der Waals surface area contributed by atoms with E-state index in [2.05, 4.69) is 54.9 Å². The number of nitrogens with zero attached hydrogens (tertiary/aromatic N) is 3. The third kappa shape index (κ3) is 8.07. The highest BCUT2D eigenvalue weighted by molar-refractivity contribution is 6.04. The maximum Gasteiger partial charge on any atom is 0.323 e. The van der Waals surface area contributed by atoms with Gasteiger partial charge in [-0.25, -0.2) is 4.79 Å². The average molecular weight is 557 g/mol. The Morgan fingerprint density at radius 1 is 0.805 bits per heavy atom. The summed E-state index contributed by atoms with van der Waals surface area (Å²) >= 11 is 0. The SMILES string of the molecule is Cc1ccccc1NC(=O)Nc1ccc(N2CCN(Cc3ccccc3)CC2)c(C(=O)NCCN2CCOCC2)c1. The molecule has 9 nitrogen and oxygen atoms in total. The van der Waals surface area contributed by atoms with Crippen LogP contribution in [0.25, 0.3) is 0 Å². The van der Waals surface area contributed by atoms with Crippen molar-refractivity contribution in [3.8, 4) is 0 Å². The van der Waals surface area contributed by atoms with Crippen LogP contribution in [0.1, 0.15) is 21.5 Å². The van der Waals surface area contributed by atoms with E-state index in [1.807, 2.05) is 49.4 Å². The van der Waals surface area contributed by atoms with Gasteiger partial charge < -0.3 is 25.6 Å². The maximum atomic E-state index is 13.5. The molecule has 0 saturated carbocycles. The summed E-state index contributed by atoms with van der Waals surface area (Å²) in [6.07, 6.45) is 0. The molecule has 0 spiro atoms. The Morgan fingerprint density at radius 3 is 2.29 bits per heavy atom. The monoisotopic (exact) mass is 556 g/mol. The largest absolute Gasteiger partial charge is 0.379 e. The molecule has 2 heterocycles. The molecule has 0 aliphatic carbocycles. The number of rotatable bonds is 9. The van der Waals surface area contributed by atoms with Crippen molar-refractivity contribution in [2.24, 2.45) is 0 Å². The van der Waals surface area contributed by atoms with Crippen molar-refractivity contribution in [1.82, 2.24) is 15.1 Å². The zero-order chi connectivity index (χ0) is 28.4. The van der Waals surface area contributed by atoms with Gasteiger partial charge in [-0.3, -0.25) is 14.6 Å². The van der Waals surface area contributed by atoms with Gasteiger partial charge in [0.25, 0.3) is 5.91 Å². The van der Waals surface area contributed by atoms with Gasteiger partial charge in [0.15, 0.2) is 0 Å². The summed E-state index contributed by atoms with van der Waals surface area (Å²) in [6, 6.07) is 23.4. The van der Waals surface area contributed by atoms with E-state index in [1.54, 1.807) is 6.07 Å². The van der Waals surface area contributed by atoms with E-state index in [1.165, 1.54) is 5.56 Å². The smallest absolute Gasteiger partial charge is 0.323 e. The molecular weight excluding hydrogens is 516 g/mol. The molecule has 216 valence electrons. The molecular formula is C32H40N6O3. The molecule has 9 heteroatoms. The fourth-order valence-electron chi connectivity index (χ4n) is 5.31. The number of benzene rings is 3. The van der Waals surface area contributed by atoms with E-state index < -0.39 is 0 Å². The number of hydrogen-bond acceptors (Lipinski definition) is 6. The van der Waals surface area contributed by atoms with Crippen LogP contribution in [0.5, 0.6) is 0 Å². The summed E-state index contributed by atoms with van der Waals surface area (Å²) in [5, 5.41) is 8.91. The van der Waals surface area contributed by atoms with E-state index in [9.17, 15) is 9.59 Å². The Hall–Kier alpha value is -3.92. The molecule has 3 N–H and O–H groups in total. The molecule has 41 heavy (non-hydrogen) atoms. The number of carbonyl (C=O) groups excluding carboxylic acids is 2. The highest BCUT2D eigenvalue weighted by Gasteiger charge is 2.23. The average Bonchev–Trinajstić information content (AvgIpc) is 3.00. The van der Waals surface area contributed by atoms with Gasteiger partial charge in [0, 0.05) is 76.0 Å². The maximum absolute atomic E-state index is 13.5. The predicted octanol–water partition coefficient (Wildman–Crippen LogP) is 4.02. The number of para-hydroxylation sites is 1. The first-order valence-electron chi connectivity index (χ1n) is 14.4. The van der Waals surface area contributed by atoms with Crippen LogP contribution in [0.2, 0.25) is 0 Å². The van der Waals surface area contributed by atoms with Crippen LogP contribution >= 0.6 is 0 Å². The highest BCUT2D eigenvalue weighted by Crippen LogP contribution is 2.26. The number of piperazine rings is 1. The van der Waals surface area contributed by atoms with Gasteiger partial charge in [-0.1, -0.05) is 48.5 Å². The van der Waals surface area contributed by atoms with Gasteiger partial charge in [-0.15, -0.1) is 0 Å². The number of anilines is 3. The Balaban J connectivity index is 1.26. The molecule has 0 atom stereocenters. The van der Waals surface area contributed by atoms with Crippen molar-refractivity contribution in [3.63, 3.8) is 0 Å². The van der Waals surface area contributed by atoms with Crippen molar-refractivity contribution in [1.29, 1.82) is 0 Å². The Morgan fingerprint density at radius 2 is 1.54 bits per heavy atom. The number of urea groups is 1. The van der Waals surface area contributed by atoms with Crippen molar-refractivity contribution in [3.05, 3.63) is 89.5 Å². The number of nitrogens with one attached hydrogen (secondary N) is 3. The van der Waals surface area contributed by atoms with Crippen molar-refractivity contribution < 1.29 is 14.3 Å². The predicted molar refractivity (Wildman–Crippen MR) is 164 cm³/mol. The van der Waals surface area contributed by atoms with E-state index in [-0.39, 0.29) is 11.9 Å². The second kappa shape index (κ2) is 14.1. The number of ether oxygens (including phenoxy) is 1. The van der Waals surface area contributed by atoms with Crippen LogP contribution in [0.15, 0.2) is 72.8 Å². The van der Waals surface area contributed by atoms with Gasteiger partial charge in [0.05, 0.1) is 18.8 Å². The second-order valence-corrected chi connectivity index (χ2v) is 10.6. The second-order valence-electron chi connectivity index (χ2n) is 10.6. The van der Waals surface area contributed by atoms with Gasteiger partial charge in [0.2, 0.25) is 0 Å². The molecule has 3 aromatic rings. The summed E-state index contributed by atoms with van der Waals surface area (Å²) < 4.78 is 5.43. The van der Waals surface area contributed by atoms with E-state index >= 15 is 0 Å². The Bertz CT molecular complexity index is 1300. The molecule has 0 unspecified atom stereocenters. The quantitative estimate of drug-likeness (QED) is 0.369. The minimum Gasteiger partial charge on any atom is -0.379 e. The molecule has 2 aliphatic rings. The zero-order valence-electron chi connectivity index (χ0n) is 23.8. The molecule has 3 amide bonds. The standard InChI is InChI=1S/C32H40N6O3/c1-25-7-5-6-10-29(25)35-32(40)34-27-11-12-30(28(23-27)31(39)33-13-14-36-19-21-41-22-20-36)38-17-15-37(16-18-38)24-26-8-3-2-4-9-26/h2-12,23H,13-22,24H2,1H3,(H,33,39)(H2,34,35,40). The van der Waals surface area contributed by atoms with Crippen LogP contribution < -0.4 is 20.9 Å². The number of aryl methyl sites for hydroxylation is 1. The van der Waals surface area contributed by atoms with E-state index in [0.717, 1.165) is 82.5 Å². The van der Waals surface area contributed by atoms with Gasteiger partial charge in [-0.2, -0.15) is 0 Å². The first-order valence-corrected chi connectivity index (χ1v) is 14.4. The van der Waals surface area contributed by atoms with Crippen LogP contribution in [0.3, 0.4) is 0 Å². The third-order valence-electron chi connectivity index (χ3n) is 7.67. The number of hydrogen-bond donors (Lipinski definition) is 3. The molecule has 2 saturated heterocycles. The van der Waals surface area contributed by atoms with Gasteiger partial charge in [-0.05, 0) is 42.3 Å². The van der Waals surface area contributed by atoms with Crippen LogP contribution in [-0.2, 0) is 11.3 Å². The minimum atomic E-state index is -0.347. The Labute approximate surface area is 242 Å². The lowest BCUT2D eigenvalue weighted by Gasteiger charge is -2.37. The van der Waals surface area contributed by atoms with Gasteiger partial charge in [0.1, 0.15) is 0 Å². The summed E-state index contributed by atoms with van der Waals surface area (Å²) in [5.41, 5.74) is 5.05. The van der Waals surface area contributed by atoms with E-state index in [0.29, 0.717) is 17.8 Å². The van der Waals surface area contributed by atoms with Crippen molar-refractivity contribution >= 4 is 29.0 Å². The third-order valence-corrected chi connectivity index (χ3v) is 7.67. The summed E-state index contributed by atoms with van der Waals surface area (Å²) in [5.74, 6) is -0.136. The van der Waals surface area contributed by atoms with Crippen LogP contribution in [-0.4, -0.2) is 87.3 Å².